The van der Waals surface area contributed by atoms with Gasteiger partial charge in [-0.2, -0.15) is 0 Å². The van der Waals surface area contributed by atoms with E-state index < -0.39 is 0 Å². The van der Waals surface area contributed by atoms with Gasteiger partial charge in [-0.05, 0) is 74.5 Å². The second-order valence-electron chi connectivity index (χ2n) is 8.71. The molecular weight excluding hydrogens is 288 g/mol. The fraction of sp³-hybridized carbons (Fsp3) is 0.789. The van der Waals surface area contributed by atoms with Gasteiger partial charge in [-0.3, -0.25) is 4.79 Å². The first-order valence-electron chi connectivity index (χ1n) is 9.45. The molecular formula is C19H26N2O2. The second kappa shape index (κ2) is 5.09. The summed E-state index contributed by atoms with van der Waals surface area (Å²) in [5, 5.41) is 7.50. The van der Waals surface area contributed by atoms with Gasteiger partial charge in [0.15, 0.2) is 5.69 Å². The van der Waals surface area contributed by atoms with Crippen molar-refractivity contribution < 1.29 is 9.32 Å². The lowest BCUT2D eigenvalue weighted by Gasteiger charge is -2.54. The van der Waals surface area contributed by atoms with E-state index in [2.05, 4.69) is 17.4 Å². The summed E-state index contributed by atoms with van der Waals surface area (Å²) in [6.07, 6.45) is 9.74. The predicted octanol–water partition coefficient (Wildman–Crippen LogP) is 3.35. The summed E-state index contributed by atoms with van der Waals surface area (Å²) in [5.74, 6) is 4.86. The fourth-order valence-electron chi connectivity index (χ4n) is 6.14. The summed E-state index contributed by atoms with van der Waals surface area (Å²) < 4.78 is 5.45. The first-order valence-corrected chi connectivity index (χ1v) is 9.45. The van der Waals surface area contributed by atoms with Gasteiger partial charge < -0.3 is 9.84 Å². The second-order valence-corrected chi connectivity index (χ2v) is 8.71. The normalized spacial score (nSPS) is 40.9. The lowest BCUT2D eigenvalue weighted by molar-refractivity contribution is -0.0120. The van der Waals surface area contributed by atoms with Crippen LogP contribution in [0.1, 0.15) is 67.3 Å². The predicted molar refractivity (Wildman–Crippen MR) is 86.0 cm³/mol. The van der Waals surface area contributed by atoms with Crippen LogP contribution in [0.15, 0.2) is 4.52 Å². The Hall–Kier alpha value is -1.32. The van der Waals surface area contributed by atoms with Crippen molar-refractivity contribution in [1.29, 1.82) is 0 Å². The van der Waals surface area contributed by atoms with Crippen molar-refractivity contribution in [2.24, 2.45) is 29.6 Å². The van der Waals surface area contributed by atoms with E-state index in [1.165, 1.54) is 32.1 Å². The Bertz CT molecular complexity index is 607. The van der Waals surface area contributed by atoms with Gasteiger partial charge in [0.05, 0.1) is 0 Å². The Kier molecular flexibility index (Phi) is 3.11. The van der Waals surface area contributed by atoms with Crippen molar-refractivity contribution in [3.63, 3.8) is 0 Å². The van der Waals surface area contributed by atoms with Crippen LogP contribution >= 0.6 is 0 Å². The number of aryl methyl sites for hydroxylation is 1. The Morgan fingerprint density at radius 1 is 1.13 bits per heavy atom. The van der Waals surface area contributed by atoms with E-state index in [-0.39, 0.29) is 5.91 Å². The average molecular weight is 314 g/mol. The van der Waals surface area contributed by atoms with E-state index in [4.69, 9.17) is 4.52 Å². The molecule has 4 bridgehead atoms. The molecule has 4 heteroatoms. The Morgan fingerprint density at radius 3 is 2.52 bits per heavy atom. The summed E-state index contributed by atoms with van der Waals surface area (Å²) in [4.78, 5) is 12.8. The molecule has 5 aliphatic carbocycles. The summed E-state index contributed by atoms with van der Waals surface area (Å²) in [5.41, 5.74) is 1.64. The average Bonchev–Trinajstić information content (AvgIpc) is 2.93. The third-order valence-electron chi connectivity index (χ3n) is 7.03. The molecule has 124 valence electrons. The van der Waals surface area contributed by atoms with E-state index >= 15 is 0 Å². The van der Waals surface area contributed by atoms with Crippen LogP contribution in [0.4, 0.5) is 0 Å². The highest BCUT2D eigenvalue weighted by Crippen LogP contribution is 2.53. The molecule has 4 nitrogen and oxygen atoms in total. The quantitative estimate of drug-likeness (QED) is 0.910. The summed E-state index contributed by atoms with van der Waals surface area (Å²) in [6.45, 7) is 2.25. The number of nitrogens with zero attached hydrogens (tertiary/aromatic N) is 1. The third kappa shape index (κ3) is 2.25. The van der Waals surface area contributed by atoms with Gasteiger partial charge in [0.1, 0.15) is 5.76 Å². The van der Waals surface area contributed by atoms with Crippen LogP contribution in [0, 0.1) is 29.6 Å². The lowest BCUT2D eigenvalue weighted by Crippen LogP contribution is -2.55. The van der Waals surface area contributed by atoms with Crippen LogP contribution in [0.2, 0.25) is 0 Å². The smallest absolute Gasteiger partial charge is 0.274 e. The molecule has 1 unspecified atom stereocenters. The molecule has 1 amide bonds. The molecule has 1 aromatic rings. The van der Waals surface area contributed by atoms with Gasteiger partial charge in [0.25, 0.3) is 5.91 Å². The molecule has 0 saturated heterocycles. The van der Waals surface area contributed by atoms with E-state index in [1.807, 2.05) is 0 Å². The van der Waals surface area contributed by atoms with E-state index in [0.29, 0.717) is 29.5 Å². The minimum absolute atomic E-state index is 0.0153. The molecule has 1 heterocycles. The Morgan fingerprint density at radius 2 is 1.83 bits per heavy atom. The maximum atomic E-state index is 12.8. The molecule has 1 atom stereocenters. The molecule has 1 N–H and O–H groups in total. The van der Waals surface area contributed by atoms with Crippen LogP contribution in [0.25, 0.3) is 0 Å². The minimum atomic E-state index is 0.0153. The zero-order valence-electron chi connectivity index (χ0n) is 13.9. The minimum Gasteiger partial charge on any atom is -0.360 e. The van der Waals surface area contributed by atoms with Gasteiger partial charge >= 0.3 is 0 Å². The van der Waals surface area contributed by atoms with Gasteiger partial charge in [-0.15, -0.1) is 0 Å². The first-order chi connectivity index (χ1) is 11.2. The van der Waals surface area contributed by atoms with Crippen molar-refractivity contribution in [3.8, 4) is 0 Å². The van der Waals surface area contributed by atoms with E-state index in [9.17, 15) is 4.79 Å². The highest BCUT2D eigenvalue weighted by atomic mass is 16.5. The molecule has 23 heavy (non-hydrogen) atoms. The molecule has 0 aromatic carbocycles. The van der Waals surface area contributed by atoms with Gasteiger partial charge in [-0.25, -0.2) is 0 Å². The largest absolute Gasteiger partial charge is 0.360 e. The van der Waals surface area contributed by atoms with Crippen LogP contribution in [-0.2, 0) is 12.8 Å². The lowest BCUT2D eigenvalue weighted by atomic mass is 9.54. The molecule has 4 fully saturated rings. The zero-order valence-corrected chi connectivity index (χ0v) is 13.9. The van der Waals surface area contributed by atoms with Crippen LogP contribution < -0.4 is 5.32 Å². The van der Waals surface area contributed by atoms with E-state index in [1.54, 1.807) is 0 Å². The molecule has 0 spiro atoms. The van der Waals surface area contributed by atoms with Crippen molar-refractivity contribution in [2.75, 3.05) is 0 Å². The van der Waals surface area contributed by atoms with Crippen molar-refractivity contribution in [2.45, 2.75) is 64.3 Å². The summed E-state index contributed by atoms with van der Waals surface area (Å²) in [7, 11) is 0. The maximum Gasteiger partial charge on any atom is 0.274 e. The number of carbonyl (C=O) groups excluding carboxylic acids is 1. The highest BCUT2D eigenvalue weighted by molar-refractivity contribution is 5.94. The van der Waals surface area contributed by atoms with E-state index in [0.717, 1.165) is 42.4 Å². The molecule has 0 aliphatic heterocycles. The van der Waals surface area contributed by atoms with Crippen molar-refractivity contribution in [1.82, 2.24) is 10.5 Å². The Labute approximate surface area is 137 Å². The number of nitrogens with one attached hydrogen (secondary N) is 1. The number of carbonyl (C=O) groups is 1. The third-order valence-corrected chi connectivity index (χ3v) is 7.03. The van der Waals surface area contributed by atoms with Gasteiger partial charge in [-0.1, -0.05) is 12.1 Å². The number of fused-ring (bicyclic) bond motifs is 1. The first kappa shape index (κ1) is 14.1. The fourth-order valence-corrected chi connectivity index (χ4v) is 6.14. The van der Waals surface area contributed by atoms with Crippen LogP contribution in [0.5, 0.6) is 0 Å². The Balaban J connectivity index is 1.35. The molecule has 6 rings (SSSR count). The zero-order chi connectivity index (χ0) is 15.6. The standard InChI is InChI=1S/C19H26N2O2/c1-10-2-3-16-15(4-10)18(21-23-16)19(22)20-17-13-6-11-5-12(8-13)9-14(17)7-11/h10-14,17H,2-9H2,1H3,(H,20,22). The van der Waals surface area contributed by atoms with Gasteiger partial charge in [0.2, 0.25) is 0 Å². The number of amides is 1. The highest BCUT2D eigenvalue weighted by Gasteiger charge is 2.48. The number of hydrogen-bond acceptors (Lipinski definition) is 3. The topological polar surface area (TPSA) is 55.1 Å². The van der Waals surface area contributed by atoms with Crippen molar-refractivity contribution >= 4 is 5.91 Å². The summed E-state index contributed by atoms with van der Waals surface area (Å²) in [6, 6.07) is 0.378. The SMILES string of the molecule is CC1CCc2onc(C(=O)NC3C4CC5CC(C4)CC3C5)c2C1. The summed E-state index contributed by atoms with van der Waals surface area (Å²) >= 11 is 0. The van der Waals surface area contributed by atoms with Crippen LogP contribution in [-0.4, -0.2) is 17.1 Å². The number of rotatable bonds is 2. The van der Waals surface area contributed by atoms with Crippen LogP contribution in [0.3, 0.4) is 0 Å². The number of aromatic nitrogens is 1. The maximum absolute atomic E-state index is 12.8. The molecule has 5 aliphatic rings. The number of hydrogen-bond donors (Lipinski definition) is 1. The van der Waals surface area contributed by atoms with Crippen molar-refractivity contribution in [3.05, 3.63) is 17.0 Å². The monoisotopic (exact) mass is 314 g/mol. The molecule has 0 radical (unpaired) electrons. The molecule has 4 saturated carbocycles. The molecule has 1 aromatic heterocycles. The van der Waals surface area contributed by atoms with Gasteiger partial charge in [0, 0.05) is 18.0 Å².